The molecule has 0 aliphatic carbocycles. The van der Waals surface area contributed by atoms with Gasteiger partial charge in [-0.05, 0) is 30.7 Å². The van der Waals surface area contributed by atoms with Crippen LogP contribution >= 0.6 is 0 Å². The molecule has 2 amide bonds. The summed E-state index contributed by atoms with van der Waals surface area (Å²) in [4.78, 5) is 26.0. The van der Waals surface area contributed by atoms with E-state index in [1.165, 1.54) is 12.5 Å². The number of rotatable bonds is 5. The van der Waals surface area contributed by atoms with Crippen LogP contribution in [0, 0.1) is 0 Å². The molecule has 1 saturated heterocycles. The van der Waals surface area contributed by atoms with Crippen LogP contribution in [0.1, 0.15) is 25.3 Å². The number of nitrogens with two attached hydrogens (primary N) is 1. The number of anilines is 2. The number of benzene rings is 2. The Labute approximate surface area is 159 Å². The largest absolute Gasteiger partial charge is 0.326 e. The summed E-state index contributed by atoms with van der Waals surface area (Å²) in [5.74, 6) is -0.00900. The van der Waals surface area contributed by atoms with Crippen molar-refractivity contribution in [3.8, 4) is 0 Å². The number of amides is 2. The number of hydrogen-bond donors (Lipinski definition) is 3. The number of nitrogens with one attached hydrogen (secondary N) is 2. The molecule has 2 aromatic carbocycles. The highest BCUT2D eigenvalue weighted by Crippen LogP contribution is 2.28. The van der Waals surface area contributed by atoms with E-state index >= 15 is 0 Å². The molecule has 1 aliphatic heterocycles. The van der Waals surface area contributed by atoms with Gasteiger partial charge in [-0.3, -0.25) is 14.5 Å². The molecule has 1 heterocycles. The molecule has 0 bridgehead atoms. The van der Waals surface area contributed by atoms with Crippen molar-refractivity contribution in [2.75, 3.05) is 23.7 Å². The van der Waals surface area contributed by atoms with E-state index in [-0.39, 0.29) is 29.8 Å². The van der Waals surface area contributed by atoms with E-state index in [1.54, 1.807) is 24.3 Å². The average molecular weight is 366 g/mol. The Morgan fingerprint density at radius 2 is 1.70 bits per heavy atom. The first-order chi connectivity index (χ1) is 12.9. The number of nitrogens with zero attached hydrogens (tertiary/aromatic N) is 1. The average Bonchev–Trinajstić information content (AvgIpc) is 3.03. The third-order valence-electron chi connectivity index (χ3n) is 5.00. The number of hydrogen-bond acceptors (Lipinski definition) is 4. The highest BCUT2D eigenvalue weighted by atomic mass is 16.2. The summed E-state index contributed by atoms with van der Waals surface area (Å²) in [6.45, 7) is 4.78. The minimum atomic E-state index is -0.297. The normalized spacial score (nSPS) is 20.9. The molecule has 6 heteroatoms. The van der Waals surface area contributed by atoms with Gasteiger partial charge in [0, 0.05) is 43.3 Å². The number of carbonyl (C=O) groups is 2. The van der Waals surface area contributed by atoms with Crippen molar-refractivity contribution < 1.29 is 9.59 Å². The third kappa shape index (κ3) is 4.72. The molecule has 1 unspecified atom stereocenters. The van der Waals surface area contributed by atoms with Crippen LogP contribution in [0.3, 0.4) is 0 Å². The first-order valence-electron chi connectivity index (χ1n) is 9.17. The fourth-order valence-electron chi connectivity index (χ4n) is 3.52. The van der Waals surface area contributed by atoms with Crippen LogP contribution in [0.15, 0.2) is 54.6 Å². The predicted octanol–water partition coefficient (Wildman–Crippen LogP) is 2.40. The lowest BCUT2D eigenvalue weighted by molar-refractivity contribution is -0.120. The third-order valence-corrected chi connectivity index (χ3v) is 5.00. The van der Waals surface area contributed by atoms with Crippen LogP contribution in [-0.4, -0.2) is 41.9 Å². The maximum atomic E-state index is 12.7. The van der Waals surface area contributed by atoms with E-state index in [2.05, 4.69) is 27.7 Å². The van der Waals surface area contributed by atoms with Crippen molar-refractivity contribution in [1.82, 2.24) is 4.90 Å². The van der Waals surface area contributed by atoms with E-state index < -0.39 is 0 Å². The van der Waals surface area contributed by atoms with Crippen molar-refractivity contribution >= 4 is 23.2 Å². The van der Waals surface area contributed by atoms with Gasteiger partial charge in [0.05, 0.1) is 6.04 Å². The first-order valence-corrected chi connectivity index (χ1v) is 9.17. The summed E-state index contributed by atoms with van der Waals surface area (Å²) in [6, 6.07) is 17.0. The molecule has 0 aromatic heterocycles. The van der Waals surface area contributed by atoms with Crippen molar-refractivity contribution in [2.24, 2.45) is 5.73 Å². The summed E-state index contributed by atoms with van der Waals surface area (Å²) in [6.07, 6.45) is 0. The Morgan fingerprint density at radius 1 is 1.04 bits per heavy atom. The van der Waals surface area contributed by atoms with Crippen LogP contribution in [-0.2, 0) is 9.59 Å². The Hall–Kier alpha value is -2.70. The fraction of sp³-hybridized carbons (Fsp3) is 0.333. The molecule has 4 N–H and O–H groups in total. The highest BCUT2D eigenvalue weighted by Gasteiger charge is 2.35. The van der Waals surface area contributed by atoms with Crippen LogP contribution in [0.4, 0.5) is 11.4 Å². The molecule has 142 valence electrons. The van der Waals surface area contributed by atoms with Crippen molar-refractivity contribution in [3.05, 3.63) is 60.2 Å². The van der Waals surface area contributed by atoms with Crippen LogP contribution < -0.4 is 16.4 Å². The zero-order chi connectivity index (χ0) is 19.4. The van der Waals surface area contributed by atoms with Gasteiger partial charge in [0.25, 0.3) is 0 Å². The molecule has 27 heavy (non-hydrogen) atoms. The van der Waals surface area contributed by atoms with Crippen molar-refractivity contribution in [1.29, 1.82) is 0 Å². The van der Waals surface area contributed by atoms with E-state index in [1.807, 2.05) is 25.1 Å². The second-order valence-electron chi connectivity index (χ2n) is 7.06. The molecule has 0 saturated carbocycles. The quantitative estimate of drug-likeness (QED) is 0.758. The van der Waals surface area contributed by atoms with Crippen molar-refractivity contribution in [3.63, 3.8) is 0 Å². The molecule has 2 aromatic rings. The van der Waals surface area contributed by atoms with Crippen LogP contribution in [0.2, 0.25) is 0 Å². The topological polar surface area (TPSA) is 87.5 Å². The Balaban J connectivity index is 1.63. The van der Waals surface area contributed by atoms with Crippen LogP contribution in [0.5, 0.6) is 0 Å². The lowest BCUT2D eigenvalue weighted by Crippen LogP contribution is -2.41. The van der Waals surface area contributed by atoms with E-state index in [4.69, 9.17) is 5.73 Å². The molecule has 1 aliphatic rings. The molecule has 3 atom stereocenters. The van der Waals surface area contributed by atoms with Gasteiger partial charge in [0.1, 0.15) is 0 Å². The standard InChI is InChI=1S/C21H26N4O2/c1-14(21(27)24-18-10-6-9-17(11-18)23-15(2)26)25-12-19(20(22)13-25)16-7-4-3-5-8-16/h3-11,14,19-20H,12-13,22H2,1-2H3,(H,23,26)(H,24,27)/t14?,19-,20+/m0/s1. The van der Waals surface area contributed by atoms with Gasteiger partial charge >= 0.3 is 0 Å². The minimum Gasteiger partial charge on any atom is -0.326 e. The molecule has 0 spiro atoms. The summed E-state index contributed by atoms with van der Waals surface area (Å²) >= 11 is 0. The molecule has 0 radical (unpaired) electrons. The first kappa shape index (κ1) is 19.1. The van der Waals surface area contributed by atoms with Crippen molar-refractivity contribution in [2.45, 2.75) is 31.8 Å². The summed E-state index contributed by atoms with van der Waals surface area (Å²) in [7, 11) is 0. The smallest absolute Gasteiger partial charge is 0.241 e. The zero-order valence-electron chi connectivity index (χ0n) is 15.7. The van der Waals surface area contributed by atoms with E-state index in [9.17, 15) is 9.59 Å². The lowest BCUT2D eigenvalue weighted by Gasteiger charge is -2.23. The summed E-state index contributed by atoms with van der Waals surface area (Å²) < 4.78 is 0. The Kier molecular flexibility index (Phi) is 5.88. The summed E-state index contributed by atoms with van der Waals surface area (Å²) in [5, 5.41) is 5.64. The molecule has 1 fully saturated rings. The van der Waals surface area contributed by atoms with Gasteiger partial charge in [-0.15, -0.1) is 0 Å². The van der Waals surface area contributed by atoms with Crippen LogP contribution in [0.25, 0.3) is 0 Å². The maximum absolute atomic E-state index is 12.7. The zero-order valence-corrected chi connectivity index (χ0v) is 15.7. The van der Waals surface area contributed by atoms with Gasteiger partial charge in [0.15, 0.2) is 0 Å². The van der Waals surface area contributed by atoms with Gasteiger partial charge in [0.2, 0.25) is 11.8 Å². The van der Waals surface area contributed by atoms with E-state index in [0.717, 1.165) is 6.54 Å². The molecular formula is C21H26N4O2. The molecule has 6 nitrogen and oxygen atoms in total. The molecule has 3 rings (SSSR count). The monoisotopic (exact) mass is 366 g/mol. The number of carbonyl (C=O) groups excluding carboxylic acids is 2. The second-order valence-corrected chi connectivity index (χ2v) is 7.06. The lowest BCUT2D eigenvalue weighted by atomic mass is 9.95. The minimum absolute atomic E-state index is 0.00532. The summed E-state index contributed by atoms with van der Waals surface area (Å²) in [5.41, 5.74) is 8.86. The predicted molar refractivity (Wildman–Crippen MR) is 108 cm³/mol. The van der Waals surface area contributed by atoms with Gasteiger partial charge in [-0.25, -0.2) is 0 Å². The Morgan fingerprint density at radius 3 is 2.37 bits per heavy atom. The molecular weight excluding hydrogens is 340 g/mol. The SMILES string of the molecule is CC(=O)Nc1cccc(NC(=O)C(C)N2C[C@@H](N)[C@H](c3ccccc3)C2)c1. The Bertz CT molecular complexity index is 809. The maximum Gasteiger partial charge on any atom is 0.241 e. The highest BCUT2D eigenvalue weighted by molar-refractivity contribution is 5.96. The fourth-order valence-corrected chi connectivity index (χ4v) is 3.52. The van der Waals surface area contributed by atoms with Gasteiger partial charge in [-0.2, -0.15) is 0 Å². The van der Waals surface area contributed by atoms with E-state index in [0.29, 0.717) is 17.9 Å². The van der Waals surface area contributed by atoms with Gasteiger partial charge < -0.3 is 16.4 Å². The second kappa shape index (κ2) is 8.33. The van der Waals surface area contributed by atoms with Gasteiger partial charge in [-0.1, -0.05) is 36.4 Å². The number of likely N-dealkylation sites (tertiary alicyclic amines) is 1.